The zero-order chi connectivity index (χ0) is 12.9. The summed E-state index contributed by atoms with van der Waals surface area (Å²) >= 11 is 3.33. The summed E-state index contributed by atoms with van der Waals surface area (Å²) < 4.78 is 36.7. The van der Waals surface area contributed by atoms with E-state index in [1.165, 1.54) is 0 Å². The molecule has 0 bridgehead atoms. The van der Waals surface area contributed by atoms with Gasteiger partial charge < -0.3 is 5.32 Å². The Kier molecular flexibility index (Phi) is 5.46. The predicted octanol–water partition coefficient (Wildman–Crippen LogP) is 4.44. The molecule has 0 amide bonds. The molecule has 1 aromatic carbocycles. The molecular weight excluding hydrogens is 295 g/mol. The van der Waals surface area contributed by atoms with E-state index in [0.717, 1.165) is 10.0 Å². The Bertz CT molecular complexity index is 335. The summed E-state index contributed by atoms with van der Waals surface area (Å²) in [6.07, 6.45) is -4.67. The van der Waals surface area contributed by atoms with Crippen LogP contribution in [0, 0.1) is 0 Å². The van der Waals surface area contributed by atoms with E-state index in [2.05, 4.69) is 21.2 Å². The number of hydrogen-bond donors (Lipinski definition) is 1. The third-order valence-electron chi connectivity index (χ3n) is 2.46. The first-order valence-electron chi connectivity index (χ1n) is 5.44. The van der Waals surface area contributed by atoms with Crippen LogP contribution in [0.1, 0.15) is 31.4 Å². The molecule has 96 valence electrons. The maximum Gasteiger partial charge on any atom is 0.389 e. The lowest BCUT2D eigenvalue weighted by Gasteiger charge is -2.14. The minimum Gasteiger partial charge on any atom is -0.310 e. The molecule has 1 N–H and O–H groups in total. The van der Waals surface area contributed by atoms with Gasteiger partial charge in [-0.05, 0) is 37.6 Å². The van der Waals surface area contributed by atoms with Gasteiger partial charge in [0, 0.05) is 16.9 Å². The molecule has 0 fully saturated rings. The van der Waals surface area contributed by atoms with Crippen LogP contribution in [-0.2, 0) is 0 Å². The van der Waals surface area contributed by atoms with Gasteiger partial charge in [0.05, 0.1) is 0 Å². The van der Waals surface area contributed by atoms with E-state index in [0.29, 0.717) is 6.54 Å². The van der Waals surface area contributed by atoms with Crippen LogP contribution in [0.4, 0.5) is 13.2 Å². The summed E-state index contributed by atoms with van der Waals surface area (Å²) in [6.45, 7) is 2.31. The average Bonchev–Trinajstić information content (AvgIpc) is 2.24. The molecule has 0 aliphatic heterocycles. The molecule has 0 aromatic heterocycles. The zero-order valence-electron chi connectivity index (χ0n) is 9.52. The van der Waals surface area contributed by atoms with Crippen LogP contribution in [0.2, 0.25) is 0 Å². The van der Waals surface area contributed by atoms with Crippen molar-refractivity contribution in [3.63, 3.8) is 0 Å². The monoisotopic (exact) mass is 309 g/mol. The van der Waals surface area contributed by atoms with Crippen molar-refractivity contribution in [2.24, 2.45) is 0 Å². The number of alkyl halides is 3. The Morgan fingerprint density at radius 2 is 1.82 bits per heavy atom. The Morgan fingerprint density at radius 1 is 1.24 bits per heavy atom. The fourth-order valence-corrected chi connectivity index (χ4v) is 1.74. The highest BCUT2D eigenvalue weighted by Crippen LogP contribution is 2.21. The normalized spacial score (nSPS) is 13.7. The molecule has 1 nitrogen and oxygen atoms in total. The van der Waals surface area contributed by atoms with E-state index in [1.54, 1.807) is 0 Å². The van der Waals surface area contributed by atoms with E-state index >= 15 is 0 Å². The van der Waals surface area contributed by atoms with Gasteiger partial charge in [-0.1, -0.05) is 28.1 Å². The molecule has 0 radical (unpaired) electrons. The maximum absolute atomic E-state index is 11.9. The molecule has 1 unspecified atom stereocenters. The minimum absolute atomic E-state index is 0.0660. The minimum atomic E-state index is -4.05. The van der Waals surface area contributed by atoms with Crippen LogP contribution in [0.15, 0.2) is 28.7 Å². The summed E-state index contributed by atoms with van der Waals surface area (Å²) in [7, 11) is 0. The van der Waals surface area contributed by atoms with Crippen molar-refractivity contribution >= 4 is 15.9 Å². The van der Waals surface area contributed by atoms with E-state index in [-0.39, 0.29) is 12.5 Å². The Labute approximate surface area is 108 Å². The van der Waals surface area contributed by atoms with Gasteiger partial charge in [-0.15, -0.1) is 0 Å². The van der Waals surface area contributed by atoms with E-state index in [9.17, 15) is 13.2 Å². The molecule has 0 saturated heterocycles. The number of hydrogen-bond acceptors (Lipinski definition) is 1. The van der Waals surface area contributed by atoms with E-state index in [1.807, 2.05) is 31.2 Å². The van der Waals surface area contributed by atoms with Gasteiger partial charge in [-0.3, -0.25) is 0 Å². The standard InChI is InChI=1S/C12H15BrF3N/c1-9(10-3-5-11(13)6-4-10)17-8-2-7-12(14,15)16/h3-6,9,17H,2,7-8H2,1H3. The molecule has 0 saturated carbocycles. The molecule has 1 aromatic rings. The first kappa shape index (κ1) is 14.5. The van der Waals surface area contributed by atoms with Crippen LogP contribution < -0.4 is 5.32 Å². The molecule has 0 spiro atoms. The van der Waals surface area contributed by atoms with E-state index < -0.39 is 12.6 Å². The second kappa shape index (κ2) is 6.40. The summed E-state index contributed by atoms with van der Waals surface area (Å²) in [4.78, 5) is 0. The highest BCUT2D eigenvalue weighted by molar-refractivity contribution is 9.10. The summed E-state index contributed by atoms with van der Waals surface area (Å²) in [5, 5.41) is 3.08. The fraction of sp³-hybridized carbons (Fsp3) is 0.500. The van der Waals surface area contributed by atoms with Crippen LogP contribution >= 0.6 is 15.9 Å². The van der Waals surface area contributed by atoms with Gasteiger partial charge in [-0.25, -0.2) is 0 Å². The number of rotatable bonds is 5. The second-order valence-corrected chi connectivity index (χ2v) is 4.86. The van der Waals surface area contributed by atoms with Gasteiger partial charge in [0.1, 0.15) is 0 Å². The lowest BCUT2D eigenvalue weighted by Crippen LogP contribution is -2.21. The zero-order valence-corrected chi connectivity index (χ0v) is 11.1. The number of halogens is 4. The van der Waals surface area contributed by atoms with Crippen LogP contribution in [0.3, 0.4) is 0 Å². The molecule has 5 heteroatoms. The van der Waals surface area contributed by atoms with Gasteiger partial charge >= 0.3 is 6.18 Å². The average molecular weight is 310 g/mol. The topological polar surface area (TPSA) is 12.0 Å². The van der Waals surface area contributed by atoms with Crippen molar-refractivity contribution < 1.29 is 13.2 Å². The maximum atomic E-state index is 11.9. The molecular formula is C12H15BrF3N. The number of benzene rings is 1. The molecule has 1 rings (SSSR count). The molecule has 0 heterocycles. The van der Waals surface area contributed by atoms with Crippen molar-refractivity contribution in [2.75, 3.05) is 6.54 Å². The van der Waals surface area contributed by atoms with Crippen LogP contribution in [-0.4, -0.2) is 12.7 Å². The van der Waals surface area contributed by atoms with Crippen LogP contribution in [0.25, 0.3) is 0 Å². The lowest BCUT2D eigenvalue weighted by molar-refractivity contribution is -0.135. The van der Waals surface area contributed by atoms with Crippen molar-refractivity contribution in [3.05, 3.63) is 34.3 Å². The summed E-state index contributed by atoms with van der Waals surface area (Å²) in [5.41, 5.74) is 1.07. The summed E-state index contributed by atoms with van der Waals surface area (Å²) in [6, 6.07) is 7.81. The van der Waals surface area contributed by atoms with Crippen molar-refractivity contribution in [1.29, 1.82) is 0 Å². The van der Waals surface area contributed by atoms with Crippen molar-refractivity contribution in [1.82, 2.24) is 5.32 Å². The molecule has 0 aliphatic carbocycles. The first-order valence-corrected chi connectivity index (χ1v) is 6.23. The highest BCUT2D eigenvalue weighted by Gasteiger charge is 2.25. The number of nitrogens with one attached hydrogen (secondary N) is 1. The van der Waals surface area contributed by atoms with E-state index in [4.69, 9.17) is 0 Å². The van der Waals surface area contributed by atoms with Gasteiger partial charge in [0.15, 0.2) is 0 Å². The third kappa shape index (κ3) is 6.07. The SMILES string of the molecule is CC(NCCCC(F)(F)F)c1ccc(Br)cc1. The first-order chi connectivity index (χ1) is 7.88. The Hall–Kier alpha value is -0.550. The second-order valence-electron chi connectivity index (χ2n) is 3.95. The largest absolute Gasteiger partial charge is 0.389 e. The van der Waals surface area contributed by atoms with Gasteiger partial charge in [-0.2, -0.15) is 13.2 Å². The quantitative estimate of drug-likeness (QED) is 0.793. The van der Waals surface area contributed by atoms with Gasteiger partial charge in [0.25, 0.3) is 0 Å². The van der Waals surface area contributed by atoms with Crippen LogP contribution in [0.5, 0.6) is 0 Å². The van der Waals surface area contributed by atoms with Crippen molar-refractivity contribution in [3.8, 4) is 0 Å². The molecule has 0 aliphatic rings. The highest BCUT2D eigenvalue weighted by atomic mass is 79.9. The smallest absolute Gasteiger partial charge is 0.310 e. The summed E-state index contributed by atoms with van der Waals surface area (Å²) in [5.74, 6) is 0. The Balaban J connectivity index is 2.30. The molecule has 17 heavy (non-hydrogen) atoms. The van der Waals surface area contributed by atoms with Gasteiger partial charge in [0.2, 0.25) is 0 Å². The van der Waals surface area contributed by atoms with Crippen molar-refractivity contribution in [2.45, 2.75) is 32.0 Å². The predicted molar refractivity (Wildman–Crippen MR) is 65.8 cm³/mol. The Morgan fingerprint density at radius 3 is 2.35 bits per heavy atom. The lowest BCUT2D eigenvalue weighted by atomic mass is 10.1. The fourth-order valence-electron chi connectivity index (χ4n) is 1.48. The third-order valence-corrected chi connectivity index (χ3v) is 2.99. The molecule has 1 atom stereocenters.